The number of likely N-dealkylation sites (N-methyl/N-ethyl adjacent to an activating group) is 1. The molecule has 0 saturated carbocycles. The molecule has 7 heteroatoms. The largest absolute Gasteiger partial charge is 0.384 e. The summed E-state index contributed by atoms with van der Waals surface area (Å²) in [4.78, 5) is 2.22. The van der Waals surface area contributed by atoms with Crippen molar-refractivity contribution in [1.29, 1.82) is 0 Å². The minimum atomic E-state index is 0.628. The van der Waals surface area contributed by atoms with Crippen molar-refractivity contribution in [2.45, 2.75) is 0 Å². The number of halogens is 4. The third-order valence-corrected chi connectivity index (χ3v) is 4.24. The van der Waals surface area contributed by atoms with E-state index in [0.717, 1.165) is 37.6 Å². The van der Waals surface area contributed by atoms with Gasteiger partial charge in [0.1, 0.15) is 0 Å². The Morgan fingerprint density at radius 2 is 1.00 bits per heavy atom. The summed E-state index contributed by atoms with van der Waals surface area (Å²) in [6, 6.07) is 10.9. The highest BCUT2D eigenvalue weighted by molar-refractivity contribution is 6.35. The molecule has 0 heterocycles. The zero-order chi connectivity index (χ0) is 17.5. The Morgan fingerprint density at radius 3 is 1.33 bits per heavy atom. The minimum absolute atomic E-state index is 0.628. The molecule has 0 spiro atoms. The highest BCUT2D eigenvalue weighted by Gasteiger charge is 2.02. The molecule has 0 radical (unpaired) electrons. The number of nitrogens with zero attached hydrogens (tertiary/aromatic N) is 1. The van der Waals surface area contributed by atoms with Crippen molar-refractivity contribution in [3.05, 3.63) is 56.5 Å². The molecule has 0 aromatic heterocycles. The first-order valence-electron chi connectivity index (χ1n) is 7.51. The molecule has 3 nitrogen and oxygen atoms in total. The lowest BCUT2D eigenvalue weighted by Crippen LogP contribution is -2.29. The van der Waals surface area contributed by atoms with Crippen LogP contribution in [0.4, 0.5) is 11.4 Å². The molecule has 0 bridgehead atoms. The van der Waals surface area contributed by atoms with Gasteiger partial charge in [-0.25, -0.2) is 0 Å². The van der Waals surface area contributed by atoms with Crippen LogP contribution in [0.15, 0.2) is 36.4 Å². The molecular weight excluding hydrogens is 388 g/mol. The van der Waals surface area contributed by atoms with Crippen molar-refractivity contribution in [3.8, 4) is 0 Å². The van der Waals surface area contributed by atoms with Crippen molar-refractivity contribution in [3.63, 3.8) is 0 Å². The van der Waals surface area contributed by atoms with Gasteiger partial charge in [-0.3, -0.25) is 0 Å². The molecule has 0 atom stereocenters. The predicted molar refractivity (Wildman–Crippen MR) is 107 cm³/mol. The van der Waals surface area contributed by atoms with Gasteiger partial charge in [0.25, 0.3) is 0 Å². The molecule has 2 N–H and O–H groups in total. The molecule has 2 aromatic carbocycles. The summed E-state index contributed by atoms with van der Waals surface area (Å²) in [6.07, 6.45) is 0. The van der Waals surface area contributed by atoms with Crippen molar-refractivity contribution in [2.75, 3.05) is 43.9 Å². The standard InChI is InChI=1S/C17H19Cl4N3/c1-24(4-2-22-16-8-12(18)6-13(19)9-16)5-3-23-17-10-14(20)7-15(21)11-17/h6-11,22-23H,2-5H2,1H3. The molecule has 0 fully saturated rings. The van der Waals surface area contributed by atoms with Crippen LogP contribution in [0.2, 0.25) is 20.1 Å². The summed E-state index contributed by atoms with van der Waals surface area (Å²) in [7, 11) is 2.07. The second-order valence-electron chi connectivity index (χ2n) is 5.47. The van der Waals surface area contributed by atoms with E-state index in [1.54, 1.807) is 12.1 Å². The van der Waals surface area contributed by atoms with Crippen LogP contribution in [0.5, 0.6) is 0 Å². The maximum absolute atomic E-state index is 5.98. The average molecular weight is 407 g/mol. The molecule has 0 aliphatic rings. The van der Waals surface area contributed by atoms with Crippen molar-refractivity contribution >= 4 is 57.8 Å². The van der Waals surface area contributed by atoms with Gasteiger partial charge in [0.2, 0.25) is 0 Å². The molecule has 0 aliphatic heterocycles. The van der Waals surface area contributed by atoms with E-state index in [1.165, 1.54) is 0 Å². The first-order chi connectivity index (χ1) is 11.4. The predicted octanol–water partition coefficient (Wildman–Crippen LogP) is 5.76. The van der Waals surface area contributed by atoms with Crippen molar-refractivity contribution in [2.24, 2.45) is 0 Å². The Labute approximate surface area is 162 Å². The summed E-state index contributed by atoms with van der Waals surface area (Å²) >= 11 is 23.9. The normalized spacial score (nSPS) is 10.9. The SMILES string of the molecule is CN(CCNc1cc(Cl)cc(Cl)c1)CCNc1cc(Cl)cc(Cl)c1. The summed E-state index contributed by atoms with van der Waals surface area (Å²) in [5, 5.41) is 9.14. The fourth-order valence-electron chi connectivity index (χ4n) is 2.21. The van der Waals surface area contributed by atoms with Crippen LogP contribution in [-0.2, 0) is 0 Å². The van der Waals surface area contributed by atoms with E-state index in [-0.39, 0.29) is 0 Å². The lowest BCUT2D eigenvalue weighted by Gasteiger charge is -2.18. The first-order valence-corrected chi connectivity index (χ1v) is 9.02. The lowest BCUT2D eigenvalue weighted by atomic mass is 10.3. The zero-order valence-corrected chi connectivity index (χ0v) is 16.3. The smallest absolute Gasteiger partial charge is 0.0441 e. The van der Waals surface area contributed by atoms with Gasteiger partial charge in [0, 0.05) is 57.6 Å². The van der Waals surface area contributed by atoms with Gasteiger partial charge in [0.05, 0.1) is 0 Å². The van der Waals surface area contributed by atoms with E-state index in [1.807, 2.05) is 24.3 Å². The number of hydrogen-bond acceptors (Lipinski definition) is 3. The number of nitrogens with one attached hydrogen (secondary N) is 2. The Bertz CT molecular complexity index is 581. The van der Waals surface area contributed by atoms with E-state index < -0.39 is 0 Å². The summed E-state index contributed by atoms with van der Waals surface area (Å²) < 4.78 is 0. The Hall–Kier alpha value is -0.840. The van der Waals surface area contributed by atoms with Crippen molar-refractivity contribution < 1.29 is 0 Å². The van der Waals surface area contributed by atoms with Gasteiger partial charge in [-0.15, -0.1) is 0 Å². The van der Waals surface area contributed by atoms with E-state index in [4.69, 9.17) is 46.4 Å². The summed E-state index contributed by atoms with van der Waals surface area (Å²) in [5.74, 6) is 0. The molecule has 130 valence electrons. The first kappa shape index (κ1) is 19.5. The van der Waals surface area contributed by atoms with E-state index in [0.29, 0.717) is 20.1 Å². The van der Waals surface area contributed by atoms with Crippen LogP contribution >= 0.6 is 46.4 Å². The molecular formula is C17H19Cl4N3. The Balaban J connectivity index is 1.68. The van der Waals surface area contributed by atoms with Gasteiger partial charge in [-0.1, -0.05) is 46.4 Å². The number of anilines is 2. The highest BCUT2D eigenvalue weighted by atomic mass is 35.5. The maximum Gasteiger partial charge on any atom is 0.0441 e. The molecule has 0 aliphatic carbocycles. The number of hydrogen-bond donors (Lipinski definition) is 2. The maximum atomic E-state index is 5.98. The fraction of sp³-hybridized carbons (Fsp3) is 0.294. The molecule has 0 amide bonds. The van der Waals surface area contributed by atoms with Gasteiger partial charge in [0.15, 0.2) is 0 Å². The van der Waals surface area contributed by atoms with Crippen LogP contribution < -0.4 is 10.6 Å². The van der Waals surface area contributed by atoms with Crippen molar-refractivity contribution in [1.82, 2.24) is 4.90 Å². The van der Waals surface area contributed by atoms with Crippen LogP contribution in [0.3, 0.4) is 0 Å². The fourth-order valence-corrected chi connectivity index (χ4v) is 3.26. The average Bonchev–Trinajstić information content (AvgIpc) is 2.45. The van der Waals surface area contributed by atoms with Gasteiger partial charge in [-0.2, -0.15) is 0 Å². The Kier molecular flexibility index (Phi) is 7.79. The third-order valence-electron chi connectivity index (χ3n) is 3.37. The molecule has 24 heavy (non-hydrogen) atoms. The molecule has 0 unspecified atom stereocenters. The summed E-state index contributed by atoms with van der Waals surface area (Å²) in [5.41, 5.74) is 1.85. The minimum Gasteiger partial charge on any atom is -0.384 e. The van der Waals surface area contributed by atoms with E-state index in [9.17, 15) is 0 Å². The molecule has 0 saturated heterocycles. The van der Waals surface area contributed by atoms with Crippen LogP contribution in [0.1, 0.15) is 0 Å². The number of benzene rings is 2. The van der Waals surface area contributed by atoms with Gasteiger partial charge >= 0.3 is 0 Å². The summed E-state index contributed by atoms with van der Waals surface area (Å²) in [6.45, 7) is 3.39. The number of rotatable bonds is 8. The topological polar surface area (TPSA) is 27.3 Å². The van der Waals surface area contributed by atoms with E-state index in [2.05, 4.69) is 22.6 Å². The molecule has 2 rings (SSSR count). The van der Waals surface area contributed by atoms with Crippen LogP contribution in [0.25, 0.3) is 0 Å². The third kappa shape index (κ3) is 6.96. The Morgan fingerprint density at radius 1 is 0.667 bits per heavy atom. The zero-order valence-electron chi connectivity index (χ0n) is 13.3. The quantitative estimate of drug-likeness (QED) is 0.583. The lowest BCUT2D eigenvalue weighted by molar-refractivity contribution is 0.361. The van der Waals surface area contributed by atoms with Gasteiger partial charge < -0.3 is 15.5 Å². The van der Waals surface area contributed by atoms with Crippen LogP contribution in [-0.4, -0.2) is 38.1 Å². The highest BCUT2D eigenvalue weighted by Crippen LogP contribution is 2.23. The second-order valence-corrected chi connectivity index (χ2v) is 7.22. The van der Waals surface area contributed by atoms with E-state index >= 15 is 0 Å². The molecule has 2 aromatic rings. The monoisotopic (exact) mass is 405 g/mol. The van der Waals surface area contributed by atoms with Gasteiger partial charge in [-0.05, 0) is 43.4 Å². The van der Waals surface area contributed by atoms with Crippen LogP contribution in [0, 0.1) is 0 Å². The second kappa shape index (κ2) is 9.59.